The Morgan fingerprint density at radius 3 is 3.33 bits per heavy atom. The van der Waals surface area contributed by atoms with Gasteiger partial charge in [0.2, 0.25) is 0 Å². The summed E-state index contributed by atoms with van der Waals surface area (Å²) in [6, 6.07) is 1.96. The molecule has 0 unspecified atom stereocenters. The van der Waals surface area contributed by atoms with E-state index in [2.05, 4.69) is 25.2 Å². The Bertz CT molecular complexity index is 534. The van der Waals surface area contributed by atoms with Gasteiger partial charge in [-0.3, -0.25) is 5.10 Å². The number of hydrogen-bond acceptors (Lipinski definition) is 3. The monoisotopic (exact) mass is 200 g/mol. The molecular formula is C9H8N6. The molecule has 0 aromatic carbocycles. The van der Waals surface area contributed by atoms with Crippen LogP contribution in [0.5, 0.6) is 0 Å². The molecule has 2 heterocycles. The molecule has 6 heteroatoms. The molecule has 0 aliphatic carbocycles. The van der Waals surface area contributed by atoms with Crippen LogP contribution in [-0.2, 0) is 0 Å². The minimum absolute atomic E-state index is 0.347. The highest BCUT2D eigenvalue weighted by molar-refractivity contribution is 5.76. The summed E-state index contributed by atoms with van der Waals surface area (Å²) in [5, 5.41) is 11.0. The first-order valence-corrected chi connectivity index (χ1v) is 4.36. The van der Waals surface area contributed by atoms with Crippen LogP contribution >= 0.6 is 0 Å². The predicted molar refractivity (Wildman–Crippen MR) is 56.9 cm³/mol. The van der Waals surface area contributed by atoms with Crippen molar-refractivity contribution in [1.29, 1.82) is 0 Å². The van der Waals surface area contributed by atoms with Gasteiger partial charge in [0, 0.05) is 23.0 Å². The predicted octanol–water partition coefficient (Wildman–Crippen LogP) is 2.28. The maximum Gasteiger partial charge on any atom is 0.155 e. The van der Waals surface area contributed by atoms with Crippen LogP contribution in [0.15, 0.2) is 29.7 Å². The van der Waals surface area contributed by atoms with Crippen molar-refractivity contribution in [3.63, 3.8) is 0 Å². The molecule has 2 aromatic heterocycles. The average molecular weight is 200 g/mol. The molecule has 2 aromatic rings. The van der Waals surface area contributed by atoms with Gasteiger partial charge in [-0.1, -0.05) is 17.3 Å². The van der Waals surface area contributed by atoms with E-state index in [0.29, 0.717) is 6.54 Å². The van der Waals surface area contributed by atoms with Crippen molar-refractivity contribution in [2.45, 2.75) is 0 Å². The van der Waals surface area contributed by atoms with Crippen molar-refractivity contribution >= 4 is 17.1 Å². The smallest absolute Gasteiger partial charge is 0.155 e. The Morgan fingerprint density at radius 1 is 1.53 bits per heavy atom. The molecule has 0 aliphatic heterocycles. The van der Waals surface area contributed by atoms with E-state index in [9.17, 15) is 0 Å². The van der Waals surface area contributed by atoms with Crippen LogP contribution < -0.4 is 0 Å². The molecule has 0 radical (unpaired) electrons. The maximum absolute atomic E-state index is 8.08. The van der Waals surface area contributed by atoms with E-state index in [1.165, 1.54) is 0 Å². The lowest BCUT2D eigenvalue weighted by Gasteiger charge is -1.91. The second-order valence-electron chi connectivity index (χ2n) is 2.89. The molecule has 2 rings (SSSR count). The zero-order valence-electron chi connectivity index (χ0n) is 7.83. The third kappa shape index (κ3) is 2.12. The molecule has 15 heavy (non-hydrogen) atoms. The van der Waals surface area contributed by atoms with Crippen LogP contribution in [0.3, 0.4) is 0 Å². The summed E-state index contributed by atoms with van der Waals surface area (Å²) in [6.45, 7) is 0.347. The summed E-state index contributed by atoms with van der Waals surface area (Å²) < 4.78 is 0. The normalized spacial score (nSPS) is 10.7. The fraction of sp³-hybridized carbons (Fsp3) is 0.111. The number of pyridine rings is 1. The molecule has 0 saturated heterocycles. The van der Waals surface area contributed by atoms with Crippen LogP contribution in [-0.4, -0.2) is 21.7 Å². The van der Waals surface area contributed by atoms with Gasteiger partial charge in [0.05, 0.1) is 6.20 Å². The fourth-order valence-corrected chi connectivity index (χ4v) is 1.22. The number of nitrogens with zero attached hydrogens (tertiary/aromatic N) is 5. The summed E-state index contributed by atoms with van der Waals surface area (Å²) in [5.41, 5.74) is 9.80. The van der Waals surface area contributed by atoms with Gasteiger partial charge < -0.3 is 0 Å². The molecule has 0 fully saturated rings. The van der Waals surface area contributed by atoms with Gasteiger partial charge in [-0.25, -0.2) is 4.98 Å². The quantitative estimate of drug-likeness (QED) is 0.467. The van der Waals surface area contributed by atoms with Crippen molar-refractivity contribution in [1.82, 2.24) is 15.2 Å². The second kappa shape index (κ2) is 4.26. The standard InChI is InChI=1S/C9H8N6/c10-15-12-3-1-2-7-4-8-6-13-14-9(8)11-5-7/h1-2,4-6H,3H2,(H,11,13,14). The van der Waals surface area contributed by atoms with E-state index < -0.39 is 0 Å². The van der Waals surface area contributed by atoms with Gasteiger partial charge in [0.1, 0.15) is 0 Å². The fourth-order valence-electron chi connectivity index (χ4n) is 1.22. The molecular weight excluding hydrogens is 192 g/mol. The zero-order valence-corrected chi connectivity index (χ0v) is 7.83. The van der Waals surface area contributed by atoms with Crippen LogP contribution in [0.25, 0.3) is 27.6 Å². The molecule has 0 atom stereocenters. The molecule has 0 aliphatic rings. The summed E-state index contributed by atoms with van der Waals surface area (Å²) >= 11 is 0. The number of fused-ring (bicyclic) bond motifs is 1. The highest BCUT2D eigenvalue weighted by atomic mass is 15.1. The van der Waals surface area contributed by atoms with Crippen LogP contribution in [0.1, 0.15) is 5.56 Å². The number of hydrogen-bond donors (Lipinski definition) is 1. The Labute approximate surface area is 85.3 Å². The summed E-state index contributed by atoms with van der Waals surface area (Å²) in [4.78, 5) is 6.82. The number of rotatable bonds is 3. The third-order valence-corrected chi connectivity index (χ3v) is 1.87. The Hall–Kier alpha value is -2.33. The number of nitrogens with one attached hydrogen (secondary N) is 1. The van der Waals surface area contributed by atoms with Gasteiger partial charge in [-0.2, -0.15) is 5.10 Å². The minimum atomic E-state index is 0.347. The van der Waals surface area contributed by atoms with Gasteiger partial charge in [0.15, 0.2) is 5.65 Å². The number of H-pyrrole nitrogens is 1. The van der Waals surface area contributed by atoms with Crippen molar-refractivity contribution in [3.05, 3.63) is 40.5 Å². The minimum Gasteiger partial charge on any atom is -0.261 e. The topological polar surface area (TPSA) is 90.3 Å². The van der Waals surface area contributed by atoms with E-state index in [-0.39, 0.29) is 0 Å². The van der Waals surface area contributed by atoms with Crippen LogP contribution in [0.4, 0.5) is 0 Å². The summed E-state index contributed by atoms with van der Waals surface area (Å²) in [6.07, 6.45) is 7.08. The van der Waals surface area contributed by atoms with Gasteiger partial charge in [0.25, 0.3) is 0 Å². The van der Waals surface area contributed by atoms with Crippen molar-refractivity contribution in [3.8, 4) is 0 Å². The molecule has 1 N–H and O–H groups in total. The largest absolute Gasteiger partial charge is 0.261 e. The Balaban J connectivity index is 2.20. The molecule has 0 bridgehead atoms. The summed E-state index contributed by atoms with van der Waals surface area (Å²) in [5.74, 6) is 0. The van der Waals surface area contributed by atoms with Crippen molar-refractivity contribution < 1.29 is 0 Å². The Kier molecular flexibility index (Phi) is 2.62. The lowest BCUT2D eigenvalue weighted by Crippen LogP contribution is -1.79. The molecule has 0 amide bonds. The van der Waals surface area contributed by atoms with Gasteiger partial charge >= 0.3 is 0 Å². The zero-order chi connectivity index (χ0) is 10.5. The first kappa shape index (κ1) is 9.23. The number of aromatic amines is 1. The van der Waals surface area contributed by atoms with E-state index in [4.69, 9.17) is 5.53 Å². The third-order valence-electron chi connectivity index (χ3n) is 1.87. The molecule has 6 nitrogen and oxygen atoms in total. The van der Waals surface area contributed by atoms with E-state index in [1.807, 2.05) is 12.1 Å². The molecule has 74 valence electrons. The Morgan fingerprint density at radius 2 is 2.47 bits per heavy atom. The van der Waals surface area contributed by atoms with E-state index in [1.54, 1.807) is 18.5 Å². The maximum atomic E-state index is 8.08. The highest BCUT2D eigenvalue weighted by Gasteiger charge is 1.95. The van der Waals surface area contributed by atoms with E-state index in [0.717, 1.165) is 16.6 Å². The van der Waals surface area contributed by atoms with Crippen LogP contribution in [0.2, 0.25) is 0 Å². The first-order valence-electron chi connectivity index (χ1n) is 4.36. The van der Waals surface area contributed by atoms with Crippen molar-refractivity contribution in [2.75, 3.05) is 6.54 Å². The SMILES string of the molecule is [N-]=[N+]=NCC=Cc1cnc2[nH]ncc2c1. The molecule has 0 saturated carbocycles. The summed E-state index contributed by atoms with van der Waals surface area (Å²) in [7, 11) is 0. The number of azide groups is 1. The number of aromatic nitrogens is 3. The molecule has 0 spiro atoms. The highest BCUT2D eigenvalue weighted by Crippen LogP contribution is 2.10. The van der Waals surface area contributed by atoms with Crippen LogP contribution in [0, 0.1) is 0 Å². The van der Waals surface area contributed by atoms with Gasteiger partial charge in [-0.05, 0) is 17.2 Å². The lowest BCUT2D eigenvalue weighted by atomic mass is 10.2. The lowest BCUT2D eigenvalue weighted by molar-refractivity contribution is 1.10. The average Bonchev–Trinajstić information content (AvgIpc) is 2.71. The van der Waals surface area contributed by atoms with E-state index >= 15 is 0 Å². The first-order chi connectivity index (χ1) is 7.40. The van der Waals surface area contributed by atoms with Gasteiger partial charge in [-0.15, -0.1) is 0 Å². The van der Waals surface area contributed by atoms with Crippen molar-refractivity contribution in [2.24, 2.45) is 5.11 Å². The second-order valence-corrected chi connectivity index (χ2v) is 2.89.